The number of carboxylic acids is 1. The van der Waals surface area contributed by atoms with Gasteiger partial charge in [0.25, 0.3) is 5.95 Å². The first-order valence-corrected chi connectivity index (χ1v) is 6.52. The normalized spacial score (nSPS) is 21.4. The molecular weight excluding hydrogens is 220 g/mol. The lowest BCUT2D eigenvalue weighted by molar-refractivity contribution is -0.132. The second kappa shape index (κ2) is 5.94. The Morgan fingerprint density at radius 1 is 0.941 bits per heavy atom. The number of rotatable bonds is 5. The van der Waals surface area contributed by atoms with Crippen LogP contribution < -0.4 is 0 Å². The van der Waals surface area contributed by atoms with Crippen molar-refractivity contribution in [2.24, 2.45) is 0 Å². The predicted molar refractivity (Wildman–Crippen MR) is 62.4 cm³/mol. The molecule has 0 amide bonds. The molecule has 0 aromatic rings. The zero-order valence-corrected chi connectivity index (χ0v) is 10.1. The van der Waals surface area contributed by atoms with Gasteiger partial charge in [-0.25, -0.2) is 4.79 Å². The van der Waals surface area contributed by atoms with Gasteiger partial charge in [0.2, 0.25) is 0 Å². The molecule has 2 fully saturated rings. The summed E-state index contributed by atoms with van der Waals surface area (Å²) >= 11 is 0. The molecule has 0 aromatic carbocycles. The van der Waals surface area contributed by atoms with E-state index in [9.17, 15) is 4.79 Å². The van der Waals surface area contributed by atoms with E-state index in [-0.39, 0.29) is 18.2 Å². The molecule has 0 radical (unpaired) electrons. The molecule has 2 saturated carbocycles. The molecule has 0 saturated heterocycles. The van der Waals surface area contributed by atoms with Crippen LogP contribution in [0.2, 0.25) is 0 Å². The van der Waals surface area contributed by atoms with E-state index in [2.05, 4.69) is 0 Å². The van der Waals surface area contributed by atoms with Gasteiger partial charge < -0.3 is 14.6 Å². The van der Waals surface area contributed by atoms with Gasteiger partial charge in [-0.05, 0) is 51.4 Å². The molecule has 0 atom stereocenters. The SMILES string of the molecule is O=C(O)C=C(OC1CCCC1)OC1CCCC1. The lowest BCUT2D eigenvalue weighted by Gasteiger charge is -2.19. The fourth-order valence-corrected chi connectivity index (χ4v) is 2.54. The van der Waals surface area contributed by atoms with Crippen molar-refractivity contribution in [3.05, 3.63) is 12.0 Å². The Kier molecular flexibility index (Phi) is 4.29. The van der Waals surface area contributed by atoms with Crippen LogP contribution in [0.5, 0.6) is 0 Å². The molecule has 2 aliphatic rings. The van der Waals surface area contributed by atoms with Crippen LogP contribution in [-0.2, 0) is 14.3 Å². The number of carbonyl (C=O) groups is 1. The van der Waals surface area contributed by atoms with E-state index >= 15 is 0 Å². The monoisotopic (exact) mass is 240 g/mol. The summed E-state index contributed by atoms with van der Waals surface area (Å²) in [6, 6.07) is 0. The summed E-state index contributed by atoms with van der Waals surface area (Å²) in [6.07, 6.45) is 10.00. The third kappa shape index (κ3) is 3.95. The molecule has 0 aliphatic heterocycles. The Labute approximate surface area is 102 Å². The molecule has 0 aromatic heterocycles. The van der Waals surface area contributed by atoms with Gasteiger partial charge in [0.05, 0.1) is 0 Å². The summed E-state index contributed by atoms with van der Waals surface area (Å²) < 4.78 is 11.3. The van der Waals surface area contributed by atoms with E-state index in [1.807, 2.05) is 0 Å². The van der Waals surface area contributed by atoms with Crippen LogP contribution >= 0.6 is 0 Å². The number of aliphatic carboxylic acids is 1. The Morgan fingerprint density at radius 3 is 1.71 bits per heavy atom. The third-order valence-electron chi connectivity index (χ3n) is 3.41. The lowest BCUT2D eigenvalue weighted by atomic mass is 10.3. The lowest BCUT2D eigenvalue weighted by Crippen LogP contribution is -2.15. The summed E-state index contributed by atoms with van der Waals surface area (Å²) in [4.78, 5) is 10.7. The second-order valence-electron chi connectivity index (χ2n) is 4.85. The molecule has 0 bridgehead atoms. The third-order valence-corrected chi connectivity index (χ3v) is 3.41. The standard InChI is InChI=1S/C13H20O4/c14-12(15)9-13(16-10-5-1-2-6-10)17-11-7-3-4-8-11/h9-11H,1-8H2,(H,14,15). The Balaban J connectivity index is 1.89. The maximum Gasteiger partial charge on any atom is 0.335 e. The molecule has 0 spiro atoms. The van der Waals surface area contributed by atoms with Crippen molar-refractivity contribution in [1.82, 2.24) is 0 Å². The summed E-state index contributed by atoms with van der Waals surface area (Å²) in [6.45, 7) is 0. The molecule has 2 rings (SSSR count). The number of hydrogen-bond donors (Lipinski definition) is 1. The molecular formula is C13H20O4. The van der Waals surface area contributed by atoms with Crippen LogP contribution in [0.4, 0.5) is 0 Å². The van der Waals surface area contributed by atoms with E-state index in [0.29, 0.717) is 0 Å². The number of ether oxygens (including phenoxy) is 2. The molecule has 1 N–H and O–H groups in total. The van der Waals surface area contributed by atoms with Crippen LogP contribution in [-0.4, -0.2) is 23.3 Å². The summed E-state index contributed by atoms with van der Waals surface area (Å²) in [7, 11) is 0. The van der Waals surface area contributed by atoms with Gasteiger partial charge in [-0.2, -0.15) is 0 Å². The maximum absolute atomic E-state index is 10.7. The predicted octanol–water partition coefficient (Wildman–Crippen LogP) is 2.83. The minimum atomic E-state index is -1.00. The van der Waals surface area contributed by atoms with Crippen molar-refractivity contribution >= 4 is 5.97 Å². The fourth-order valence-electron chi connectivity index (χ4n) is 2.54. The van der Waals surface area contributed by atoms with Crippen LogP contribution in [0, 0.1) is 0 Å². The Bertz CT molecular complexity index is 266. The first-order valence-electron chi connectivity index (χ1n) is 6.52. The summed E-state index contributed by atoms with van der Waals surface area (Å²) in [5.74, 6) is -0.799. The average Bonchev–Trinajstić information content (AvgIpc) is 2.89. The molecule has 4 nitrogen and oxygen atoms in total. The molecule has 17 heavy (non-hydrogen) atoms. The van der Waals surface area contributed by atoms with Crippen molar-refractivity contribution in [1.29, 1.82) is 0 Å². The van der Waals surface area contributed by atoms with Crippen LogP contribution in [0.25, 0.3) is 0 Å². The van der Waals surface area contributed by atoms with E-state index in [4.69, 9.17) is 14.6 Å². The minimum absolute atomic E-state index is 0.141. The topological polar surface area (TPSA) is 55.8 Å². The molecule has 4 heteroatoms. The van der Waals surface area contributed by atoms with Crippen molar-refractivity contribution in [3.63, 3.8) is 0 Å². The van der Waals surface area contributed by atoms with E-state index in [1.54, 1.807) is 0 Å². The minimum Gasteiger partial charge on any atom is -0.478 e. The van der Waals surface area contributed by atoms with Gasteiger partial charge in [-0.3, -0.25) is 0 Å². The number of carboxylic acid groups (broad SMARTS) is 1. The Hall–Kier alpha value is -1.19. The van der Waals surface area contributed by atoms with E-state index < -0.39 is 5.97 Å². The summed E-state index contributed by atoms with van der Waals surface area (Å²) in [5.41, 5.74) is 0. The smallest absolute Gasteiger partial charge is 0.335 e. The van der Waals surface area contributed by atoms with Gasteiger partial charge in [0.1, 0.15) is 18.3 Å². The molecule has 0 unspecified atom stereocenters. The van der Waals surface area contributed by atoms with Gasteiger partial charge in [0.15, 0.2) is 0 Å². The highest BCUT2D eigenvalue weighted by Gasteiger charge is 2.22. The highest BCUT2D eigenvalue weighted by atomic mass is 16.7. The highest BCUT2D eigenvalue weighted by molar-refractivity contribution is 5.79. The highest BCUT2D eigenvalue weighted by Crippen LogP contribution is 2.27. The maximum atomic E-state index is 10.7. The van der Waals surface area contributed by atoms with Crippen molar-refractivity contribution in [2.45, 2.75) is 63.6 Å². The average molecular weight is 240 g/mol. The van der Waals surface area contributed by atoms with Gasteiger partial charge in [-0.1, -0.05) is 0 Å². The van der Waals surface area contributed by atoms with E-state index in [0.717, 1.165) is 57.4 Å². The van der Waals surface area contributed by atoms with Crippen molar-refractivity contribution < 1.29 is 19.4 Å². The second-order valence-corrected chi connectivity index (χ2v) is 4.85. The summed E-state index contributed by atoms with van der Waals surface area (Å²) in [5, 5.41) is 8.80. The Morgan fingerprint density at radius 2 is 1.35 bits per heavy atom. The van der Waals surface area contributed by atoms with Crippen LogP contribution in [0.3, 0.4) is 0 Å². The molecule has 0 heterocycles. The van der Waals surface area contributed by atoms with Crippen LogP contribution in [0.1, 0.15) is 51.4 Å². The van der Waals surface area contributed by atoms with Gasteiger partial charge in [0, 0.05) is 0 Å². The van der Waals surface area contributed by atoms with Crippen LogP contribution in [0.15, 0.2) is 12.0 Å². The molecule has 96 valence electrons. The largest absolute Gasteiger partial charge is 0.478 e. The molecule has 2 aliphatic carbocycles. The van der Waals surface area contributed by atoms with Crippen molar-refractivity contribution in [3.8, 4) is 0 Å². The number of hydrogen-bond acceptors (Lipinski definition) is 3. The first kappa shape index (κ1) is 12.3. The first-order chi connectivity index (χ1) is 8.24. The van der Waals surface area contributed by atoms with Gasteiger partial charge >= 0.3 is 5.97 Å². The zero-order valence-electron chi connectivity index (χ0n) is 10.1. The van der Waals surface area contributed by atoms with Crippen molar-refractivity contribution in [2.75, 3.05) is 0 Å². The zero-order chi connectivity index (χ0) is 12.1. The fraction of sp³-hybridized carbons (Fsp3) is 0.769. The van der Waals surface area contributed by atoms with Gasteiger partial charge in [-0.15, -0.1) is 0 Å². The quantitative estimate of drug-likeness (QED) is 0.593. The van der Waals surface area contributed by atoms with E-state index in [1.165, 1.54) is 0 Å².